The van der Waals surface area contributed by atoms with Crippen LogP contribution >= 0.6 is 0 Å². The van der Waals surface area contributed by atoms with Gasteiger partial charge < -0.3 is 9.84 Å². The summed E-state index contributed by atoms with van der Waals surface area (Å²) in [5.74, 6) is 3.43. The van der Waals surface area contributed by atoms with E-state index in [9.17, 15) is 5.11 Å². The van der Waals surface area contributed by atoms with Gasteiger partial charge in [0.1, 0.15) is 5.75 Å². The highest BCUT2D eigenvalue weighted by Gasteiger charge is 1.99. The van der Waals surface area contributed by atoms with Gasteiger partial charge in [0, 0.05) is 6.42 Å². The largest absolute Gasteiger partial charge is 0.494 e. The predicted octanol–water partition coefficient (Wildman–Crippen LogP) is 2.40. The zero-order valence-corrected chi connectivity index (χ0v) is 9.65. The second kappa shape index (κ2) is 6.92. The number of ether oxygens (including phenoxy) is 1. The maximum Gasteiger partial charge on any atom is 0.119 e. The lowest BCUT2D eigenvalue weighted by Crippen LogP contribution is -2.04. The van der Waals surface area contributed by atoms with Gasteiger partial charge in [-0.05, 0) is 37.5 Å². The number of terminal acetylenes is 1. The maximum atomic E-state index is 9.23. The Balaban J connectivity index is 2.37. The molecule has 16 heavy (non-hydrogen) atoms. The number of rotatable bonds is 6. The fraction of sp³-hybridized carbons (Fsp3) is 0.429. The molecule has 0 bridgehead atoms. The Labute approximate surface area is 97.3 Å². The molecule has 86 valence electrons. The van der Waals surface area contributed by atoms with Crippen molar-refractivity contribution in [1.29, 1.82) is 0 Å². The molecule has 0 aliphatic carbocycles. The molecule has 2 nitrogen and oxygen atoms in total. The highest BCUT2D eigenvalue weighted by molar-refractivity contribution is 5.27. The number of unbranched alkanes of at least 4 members (excludes halogenated alkanes) is 1. The number of hydrogen-bond donors (Lipinski definition) is 1. The molecule has 1 aromatic carbocycles. The van der Waals surface area contributed by atoms with Crippen molar-refractivity contribution >= 4 is 0 Å². The average Bonchev–Trinajstić information content (AvgIpc) is 2.26. The monoisotopic (exact) mass is 218 g/mol. The van der Waals surface area contributed by atoms with Crippen molar-refractivity contribution in [1.82, 2.24) is 0 Å². The summed E-state index contributed by atoms with van der Waals surface area (Å²) in [5, 5.41) is 9.23. The van der Waals surface area contributed by atoms with E-state index in [-0.39, 0.29) is 6.10 Å². The van der Waals surface area contributed by atoms with E-state index in [1.165, 1.54) is 0 Å². The average molecular weight is 218 g/mol. The molecule has 1 atom stereocenters. The van der Waals surface area contributed by atoms with E-state index in [4.69, 9.17) is 11.2 Å². The minimum absolute atomic E-state index is 0.303. The smallest absolute Gasteiger partial charge is 0.119 e. The van der Waals surface area contributed by atoms with E-state index >= 15 is 0 Å². The van der Waals surface area contributed by atoms with Crippen LogP contribution in [-0.2, 0) is 6.42 Å². The number of aliphatic hydroxyl groups excluding tert-OH is 1. The minimum Gasteiger partial charge on any atom is -0.494 e. The summed E-state index contributed by atoms with van der Waals surface area (Å²) in [7, 11) is 0. The van der Waals surface area contributed by atoms with Crippen molar-refractivity contribution in [3.05, 3.63) is 29.8 Å². The van der Waals surface area contributed by atoms with Crippen LogP contribution in [0.4, 0.5) is 0 Å². The predicted molar refractivity (Wildman–Crippen MR) is 65.4 cm³/mol. The molecule has 0 aliphatic heterocycles. The quantitative estimate of drug-likeness (QED) is 0.587. The first-order chi connectivity index (χ1) is 7.72. The van der Waals surface area contributed by atoms with Crippen LogP contribution in [0.2, 0.25) is 0 Å². The van der Waals surface area contributed by atoms with E-state index < -0.39 is 0 Å². The van der Waals surface area contributed by atoms with Crippen molar-refractivity contribution in [3.63, 3.8) is 0 Å². The molecule has 0 saturated heterocycles. The van der Waals surface area contributed by atoms with Crippen LogP contribution in [0.15, 0.2) is 24.3 Å². The molecule has 0 radical (unpaired) electrons. The third-order valence-electron chi connectivity index (χ3n) is 2.19. The standard InChI is InChI=1S/C14H18O2/c1-3-4-5-10-16-14-8-6-13(7-9-14)11-12(2)15/h1,6-9,12,15H,4-5,10-11H2,2H3. The molecule has 1 aromatic rings. The highest BCUT2D eigenvalue weighted by Crippen LogP contribution is 2.13. The van der Waals surface area contributed by atoms with Gasteiger partial charge in [0.2, 0.25) is 0 Å². The summed E-state index contributed by atoms with van der Waals surface area (Å²) in [6.45, 7) is 2.43. The first kappa shape index (κ1) is 12.6. The second-order valence-electron chi connectivity index (χ2n) is 3.85. The Kier molecular flexibility index (Phi) is 5.45. The Morgan fingerprint density at radius 3 is 2.62 bits per heavy atom. The molecular weight excluding hydrogens is 200 g/mol. The fourth-order valence-electron chi connectivity index (χ4n) is 1.43. The van der Waals surface area contributed by atoms with Crippen molar-refractivity contribution in [2.45, 2.75) is 32.3 Å². The normalized spacial score (nSPS) is 11.8. The molecule has 1 unspecified atom stereocenters. The van der Waals surface area contributed by atoms with Crippen molar-refractivity contribution in [2.24, 2.45) is 0 Å². The lowest BCUT2D eigenvalue weighted by molar-refractivity contribution is 0.195. The van der Waals surface area contributed by atoms with Crippen LogP contribution in [0, 0.1) is 12.3 Å². The van der Waals surface area contributed by atoms with Crippen molar-refractivity contribution in [3.8, 4) is 18.1 Å². The summed E-state index contributed by atoms with van der Waals surface area (Å²) >= 11 is 0. The summed E-state index contributed by atoms with van der Waals surface area (Å²) < 4.78 is 5.51. The van der Waals surface area contributed by atoms with Crippen LogP contribution in [0.1, 0.15) is 25.3 Å². The third kappa shape index (κ3) is 4.86. The van der Waals surface area contributed by atoms with Crippen LogP contribution in [0.25, 0.3) is 0 Å². The van der Waals surface area contributed by atoms with Gasteiger partial charge in [0.25, 0.3) is 0 Å². The fourth-order valence-corrected chi connectivity index (χ4v) is 1.43. The lowest BCUT2D eigenvalue weighted by Gasteiger charge is -2.07. The summed E-state index contributed by atoms with van der Waals surface area (Å²) in [4.78, 5) is 0. The number of benzene rings is 1. The van der Waals surface area contributed by atoms with E-state index in [0.29, 0.717) is 13.0 Å². The van der Waals surface area contributed by atoms with Crippen LogP contribution in [-0.4, -0.2) is 17.8 Å². The van der Waals surface area contributed by atoms with E-state index in [1.54, 1.807) is 6.92 Å². The van der Waals surface area contributed by atoms with Gasteiger partial charge in [0.15, 0.2) is 0 Å². The molecule has 0 fully saturated rings. The van der Waals surface area contributed by atoms with Gasteiger partial charge in [-0.15, -0.1) is 12.3 Å². The number of hydrogen-bond acceptors (Lipinski definition) is 2. The summed E-state index contributed by atoms with van der Waals surface area (Å²) in [5.41, 5.74) is 1.12. The molecule has 0 aliphatic rings. The lowest BCUT2D eigenvalue weighted by atomic mass is 10.1. The van der Waals surface area contributed by atoms with E-state index in [2.05, 4.69) is 5.92 Å². The first-order valence-corrected chi connectivity index (χ1v) is 5.55. The highest BCUT2D eigenvalue weighted by atomic mass is 16.5. The van der Waals surface area contributed by atoms with Gasteiger partial charge in [-0.3, -0.25) is 0 Å². The minimum atomic E-state index is -0.303. The van der Waals surface area contributed by atoms with Gasteiger partial charge in [-0.2, -0.15) is 0 Å². The van der Waals surface area contributed by atoms with Gasteiger partial charge in [0.05, 0.1) is 12.7 Å². The molecule has 0 spiro atoms. The van der Waals surface area contributed by atoms with E-state index in [0.717, 1.165) is 24.2 Å². The van der Waals surface area contributed by atoms with E-state index in [1.807, 2.05) is 24.3 Å². The molecule has 1 rings (SSSR count). The summed E-state index contributed by atoms with van der Waals surface area (Å²) in [6, 6.07) is 7.80. The SMILES string of the molecule is C#CCCCOc1ccc(CC(C)O)cc1. The van der Waals surface area contributed by atoms with Gasteiger partial charge >= 0.3 is 0 Å². The zero-order valence-electron chi connectivity index (χ0n) is 9.65. The van der Waals surface area contributed by atoms with Crippen LogP contribution in [0.5, 0.6) is 5.75 Å². The molecule has 0 amide bonds. The molecule has 0 heterocycles. The maximum absolute atomic E-state index is 9.23. The van der Waals surface area contributed by atoms with Gasteiger partial charge in [-0.25, -0.2) is 0 Å². The third-order valence-corrected chi connectivity index (χ3v) is 2.19. The Bertz CT molecular complexity index is 333. The molecule has 1 N–H and O–H groups in total. The van der Waals surface area contributed by atoms with Crippen molar-refractivity contribution in [2.75, 3.05) is 6.61 Å². The first-order valence-electron chi connectivity index (χ1n) is 5.55. The molecule has 0 aromatic heterocycles. The number of aliphatic hydroxyl groups is 1. The van der Waals surface area contributed by atoms with Crippen LogP contribution < -0.4 is 4.74 Å². The van der Waals surface area contributed by atoms with Crippen LogP contribution in [0.3, 0.4) is 0 Å². The van der Waals surface area contributed by atoms with Gasteiger partial charge in [-0.1, -0.05) is 12.1 Å². The zero-order chi connectivity index (χ0) is 11.8. The molecular formula is C14H18O2. The Hall–Kier alpha value is -1.46. The summed E-state index contributed by atoms with van der Waals surface area (Å²) in [6.07, 6.45) is 7.15. The molecule has 0 saturated carbocycles. The second-order valence-corrected chi connectivity index (χ2v) is 3.85. The Morgan fingerprint density at radius 1 is 1.38 bits per heavy atom. The van der Waals surface area contributed by atoms with Crippen molar-refractivity contribution < 1.29 is 9.84 Å². The molecule has 2 heteroatoms. The Morgan fingerprint density at radius 2 is 2.06 bits per heavy atom. The topological polar surface area (TPSA) is 29.5 Å².